The molecular formula is C19H18N2O2. The number of para-hydroxylation sites is 1. The molecular weight excluding hydrogens is 288 g/mol. The fourth-order valence-electron chi connectivity index (χ4n) is 2.78. The molecule has 0 saturated heterocycles. The molecule has 0 spiro atoms. The molecule has 1 N–H and O–H groups in total. The third-order valence-electron chi connectivity index (χ3n) is 3.96. The van der Waals surface area contributed by atoms with Crippen LogP contribution in [0.2, 0.25) is 0 Å². The Morgan fingerprint density at radius 1 is 0.957 bits per heavy atom. The van der Waals surface area contributed by atoms with Crippen LogP contribution in [0.15, 0.2) is 66.4 Å². The van der Waals surface area contributed by atoms with Gasteiger partial charge in [0.2, 0.25) is 0 Å². The van der Waals surface area contributed by atoms with E-state index in [2.05, 4.69) is 5.32 Å². The molecule has 1 atom stereocenters. The van der Waals surface area contributed by atoms with Gasteiger partial charge >= 0.3 is 0 Å². The predicted octanol–water partition coefficient (Wildman–Crippen LogP) is 3.10. The monoisotopic (exact) mass is 306 g/mol. The highest BCUT2D eigenvalue weighted by Crippen LogP contribution is 2.24. The lowest BCUT2D eigenvalue weighted by Gasteiger charge is -2.19. The summed E-state index contributed by atoms with van der Waals surface area (Å²) < 4.78 is 0. The van der Waals surface area contributed by atoms with E-state index in [9.17, 15) is 9.59 Å². The number of imide groups is 1. The van der Waals surface area contributed by atoms with Gasteiger partial charge in [0.1, 0.15) is 5.70 Å². The Labute approximate surface area is 135 Å². The maximum atomic E-state index is 12.5. The lowest BCUT2D eigenvalue weighted by molar-refractivity contribution is -0.120. The maximum Gasteiger partial charge on any atom is 0.281 e. The number of anilines is 1. The number of nitrogens with one attached hydrogen (secondary N) is 1. The summed E-state index contributed by atoms with van der Waals surface area (Å²) in [5.74, 6) is -0.637. The van der Waals surface area contributed by atoms with Gasteiger partial charge in [-0.3, -0.25) is 9.59 Å². The Bertz CT molecular complexity index is 781. The SMILES string of the molecule is Cc1ccccc1C(C)NC1=CC(=O)N(c2ccccc2)C1=O. The van der Waals surface area contributed by atoms with E-state index in [4.69, 9.17) is 0 Å². The number of carbonyl (C=O) groups is 2. The fourth-order valence-corrected chi connectivity index (χ4v) is 2.78. The van der Waals surface area contributed by atoms with Crippen molar-refractivity contribution in [3.8, 4) is 0 Å². The van der Waals surface area contributed by atoms with Crippen molar-refractivity contribution >= 4 is 17.5 Å². The number of nitrogens with zero attached hydrogens (tertiary/aromatic N) is 1. The molecule has 3 rings (SSSR count). The first kappa shape index (κ1) is 15.0. The summed E-state index contributed by atoms with van der Waals surface area (Å²) in [4.78, 5) is 25.9. The van der Waals surface area contributed by atoms with Crippen molar-refractivity contribution in [2.75, 3.05) is 4.90 Å². The molecule has 1 aliphatic rings. The molecule has 2 aromatic rings. The van der Waals surface area contributed by atoms with Gasteiger partial charge < -0.3 is 5.32 Å². The minimum Gasteiger partial charge on any atom is -0.374 e. The third kappa shape index (κ3) is 2.88. The van der Waals surface area contributed by atoms with E-state index >= 15 is 0 Å². The van der Waals surface area contributed by atoms with Crippen molar-refractivity contribution in [1.82, 2.24) is 5.32 Å². The summed E-state index contributed by atoms with van der Waals surface area (Å²) in [5, 5.41) is 3.16. The lowest BCUT2D eigenvalue weighted by Crippen LogP contribution is -2.34. The molecule has 116 valence electrons. The standard InChI is InChI=1S/C19H18N2O2/c1-13-8-6-7-11-16(13)14(2)20-17-12-18(22)21(19(17)23)15-9-4-3-5-10-15/h3-12,14,20H,1-2H3. The molecule has 1 unspecified atom stereocenters. The van der Waals surface area contributed by atoms with Crippen molar-refractivity contribution in [3.63, 3.8) is 0 Å². The molecule has 4 nitrogen and oxygen atoms in total. The van der Waals surface area contributed by atoms with Crippen LogP contribution in [0.5, 0.6) is 0 Å². The van der Waals surface area contributed by atoms with Crippen molar-refractivity contribution in [2.45, 2.75) is 19.9 Å². The van der Waals surface area contributed by atoms with Crippen molar-refractivity contribution in [3.05, 3.63) is 77.5 Å². The molecule has 1 aliphatic heterocycles. The van der Waals surface area contributed by atoms with Gasteiger partial charge in [0.05, 0.1) is 5.69 Å². The Morgan fingerprint density at radius 3 is 2.30 bits per heavy atom. The highest BCUT2D eigenvalue weighted by molar-refractivity contribution is 6.30. The predicted molar refractivity (Wildman–Crippen MR) is 89.7 cm³/mol. The van der Waals surface area contributed by atoms with Crippen LogP contribution >= 0.6 is 0 Å². The topological polar surface area (TPSA) is 49.4 Å². The number of benzene rings is 2. The fraction of sp³-hybridized carbons (Fsp3) is 0.158. The van der Waals surface area contributed by atoms with E-state index in [0.29, 0.717) is 11.4 Å². The normalized spacial score (nSPS) is 15.6. The Morgan fingerprint density at radius 2 is 1.61 bits per heavy atom. The number of rotatable bonds is 4. The van der Waals surface area contributed by atoms with Gasteiger partial charge in [0.15, 0.2) is 0 Å². The molecule has 4 heteroatoms. The second kappa shape index (κ2) is 6.08. The van der Waals surface area contributed by atoms with Crippen LogP contribution < -0.4 is 10.2 Å². The van der Waals surface area contributed by atoms with Gasteiger partial charge in [-0.25, -0.2) is 4.90 Å². The molecule has 0 aromatic heterocycles. The summed E-state index contributed by atoms with van der Waals surface area (Å²) >= 11 is 0. The van der Waals surface area contributed by atoms with Crippen LogP contribution in [0.3, 0.4) is 0 Å². The quantitative estimate of drug-likeness (QED) is 0.883. The molecule has 0 radical (unpaired) electrons. The van der Waals surface area contributed by atoms with Gasteiger partial charge in [0.25, 0.3) is 11.8 Å². The largest absolute Gasteiger partial charge is 0.374 e. The van der Waals surface area contributed by atoms with Crippen LogP contribution in [-0.4, -0.2) is 11.8 Å². The Hall–Kier alpha value is -2.88. The maximum absolute atomic E-state index is 12.5. The first-order valence-corrected chi connectivity index (χ1v) is 7.55. The van der Waals surface area contributed by atoms with Gasteiger partial charge in [-0.2, -0.15) is 0 Å². The van der Waals surface area contributed by atoms with Crippen molar-refractivity contribution < 1.29 is 9.59 Å². The second-order valence-electron chi connectivity index (χ2n) is 5.59. The molecule has 0 aliphatic carbocycles. The zero-order chi connectivity index (χ0) is 16.4. The van der Waals surface area contributed by atoms with E-state index in [1.54, 1.807) is 24.3 Å². The van der Waals surface area contributed by atoms with E-state index in [1.807, 2.05) is 44.2 Å². The number of hydrogen-bond acceptors (Lipinski definition) is 3. The smallest absolute Gasteiger partial charge is 0.281 e. The minimum absolute atomic E-state index is 0.0603. The van der Waals surface area contributed by atoms with E-state index in [0.717, 1.165) is 11.1 Å². The number of amides is 2. The zero-order valence-electron chi connectivity index (χ0n) is 13.1. The summed E-state index contributed by atoms with van der Waals surface area (Å²) in [6.45, 7) is 4.01. The first-order chi connectivity index (χ1) is 11.1. The number of hydrogen-bond donors (Lipinski definition) is 1. The molecule has 23 heavy (non-hydrogen) atoms. The summed E-state index contributed by atoms with van der Waals surface area (Å²) in [6.07, 6.45) is 1.37. The van der Waals surface area contributed by atoms with Crippen molar-refractivity contribution in [1.29, 1.82) is 0 Å². The van der Waals surface area contributed by atoms with E-state index in [1.165, 1.54) is 11.0 Å². The van der Waals surface area contributed by atoms with Crippen LogP contribution in [0.25, 0.3) is 0 Å². The molecule has 2 amide bonds. The van der Waals surface area contributed by atoms with E-state index in [-0.39, 0.29) is 17.9 Å². The minimum atomic E-state index is -0.319. The highest BCUT2D eigenvalue weighted by atomic mass is 16.2. The van der Waals surface area contributed by atoms with E-state index < -0.39 is 0 Å². The average Bonchev–Trinajstić information content (AvgIpc) is 2.82. The summed E-state index contributed by atoms with van der Waals surface area (Å²) in [5.41, 5.74) is 3.16. The summed E-state index contributed by atoms with van der Waals surface area (Å²) in [6, 6.07) is 16.9. The molecule has 0 saturated carbocycles. The van der Waals surface area contributed by atoms with Crippen LogP contribution in [-0.2, 0) is 9.59 Å². The third-order valence-corrected chi connectivity index (χ3v) is 3.96. The van der Waals surface area contributed by atoms with Gasteiger partial charge in [-0.15, -0.1) is 0 Å². The van der Waals surface area contributed by atoms with Crippen LogP contribution in [0.4, 0.5) is 5.69 Å². The Kier molecular flexibility index (Phi) is 3.98. The van der Waals surface area contributed by atoms with Crippen molar-refractivity contribution in [2.24, 2.45) is 0 Å². The average molecular weight is 306 g/mol. The number of aryl methyl sites for hydroxylation is 1. The zero-order valence-corrected chi connectivity index (χ0v) is 13.1. The number of carbonyl (C=O) groups excluding carboxylic acids is 2. The van der Waals surface area contributed by atoms with Gasteiger partial charge in [-0.1, -0.05) is 42.5 Å². The van der Waals surface area contributed by atoms with Gasteiger partial charge in [0, 0.05) is 12.1 Å². The Balaban J connectivity index is 1.80. The van der Waals surface area contributed by atoms with Gasteiger partial charge in [-0.05, 0) is 37.1 Å². The lowest BCUT2D eigenvalue weighted by atomic mass is 10.0. The molecule has 0 fully saturated rings. The molecule has 0 bridgehead atoms. The van der Waals surface area contributed by atoms with Crippen LogP contribution in [0.1, 0.15) is 24.1 Å². The highest BCUT2D eigenvalue weighted by Gasteiger charge is 2.33. The molecule has 2 aromatic carbocycles. The molecule has 1 heterocycles. The first-order valence-electron chi connectivity index (χ1n) is 7.55. The second-order valence-corrected chi connectivity index (χ2v) is 5.59. The summed E-state index contributed by atoms with van der Waals surface area (Å²) in [7, 11) is 0. The van der Waals surface area contributed by atoms with Crippen LogP contribution in [0, 0.1) is 6.92 Å².